The van der Waals surface area contributed by atoms with Gasteiger partial charge < -0.3 is 10.2 Å². The molecule has 2 saturated heterocycles. The number of benzene rings is 1. The van der Waals surface area contributed by atoms with Gasteiger partial charge in [0.25, 0.3) is 0 Å². The van der Waals surface area contributed by atoms with Crippen LogP contribution < -0.4 is 15.5 Å². The Hall–Kier alpha value is -2.64. The molecule has 0 radical (unpaired) electrons. The predicted octanol–water partition coefficient (Wildman–Crippen LogP) is 4.24. The number of piperazine rings is 1. The van der Waals surface area contributed by atoms with Crippen molar-refractivity contribution in [3.05, 3.63) is 57.5 Å². The third-order valence-corrected chi connectivity index (χ3v) is 7.98. The van der Waals surface area contributed by atoms with Crippen molar-refractivity contribution in [2.75, 3.05) is 44.7 Å². The highest BCUT2D eigenvalue weighted by atomic mass is 35.5. The minimum Gasteiger partial charge on any atom is -0.353 e. The van der Waals surface area contributed by atoms with Gasteiger partial charge in [-0.05, 0) is 56.1 Å². The molecule has 1 aromatic carbocycles. The molecule has 0 amide bonds. The number of rotatable bonds is 7. The molecule has 0 unspecified atom stereocenters. The summed E-state index contributed by atoms with van der Waals surface area (Å²) in [5, 5.41) is 15.4. The molecular weight excluding hydrogens is 526 g/mol. The molecule has 8 nitrogen and oxygen atoms in total. The second kappa shape index (κ2) is 13.4. The van der Waals surface area contributed by atoms with Gasteiger partial charge in [0.05, 0.1) is 5.02 Å². The smallest absolute Gasteiger partial charge is 0.204 e. The van der Waals surface area contributed by atoms with Gasteiger partial charge in [-0.25, -0.2) is 9.37 Å². The van der Waals surface area contributed by atoms with Crippen LogP contribution >= 0.6 is 23.2 Å². The number of likely N-dealkylation sites (tertiary alicyclic amines) is 1. The van der Waals surface area contributed by atoms with Gasteiger partial charge in [0.1, 0.15) is 11.6 Å². The van der Waals surface area contributed by atoms with E-state index in [2.05, 4.69) is 42.2 Å². The zero-order chi connectivity index (χ0) is 27.1. The highest BCUT2D eigenvalue weighted by Crippen LogP contribution is 2.30. The van der Waals surface area contributed by atoms with E-state index in [1.807, 2.05) is 18.5 Å². The minimum atomic E-state index is -0.228. The highest BCUT2D eigenvalue weighted by Gasteiger charge is 2.34. The first kappa shape index (κ1) is 28.4. The van der Waals surface area contributed by atoms with E-state index >= 15 is 0 Å². The molecule has 3 heterocycles. The van der Waals surface area contributed by atoms with Gasteiger partial charge >= 0.3 is 0 Å². The van der Waals surface area contributed by atoms with E-state index in [-0.39, 0.29) is 5.82 Å². The number of piperidine rings is 1. The lowest BCUT2D eigenvalue weighted by atomic mass is 9.97. The van der Waals surface area contributed by atoms with Crippen molar-refractivity contribution in [1.82, 2.24) is 25.4 Å². The number of aliphatic imine (C=N–C) groups is 1. The predicted molar refractivity (Wildman–Crippen MR) is 151 cm³/mol. The van der Waals surface area contributed by atoms with Gasteiger partial charge in [-0.2, -0.15) is 5.26 Å². The van der Waals surface area contributed by atoms with E-state index in [1.165, 1.54) is 6.07 Å². The van der Waals surface area contributed by atoms with Crippen LogP contribution in [0.1, 0.15) is 37.3 Å². The topological polar surface area (TPSA) is 82.8 Å². The number of nitriles is 1. The van der Waals surface area contributed by atoms with E-state index in [1.54, 1.807) is 19.2 Å². The summed E-state index contributed by atoms with van der Waals surface area (Å²) in [5.74, 6) is 0.986. The van der Waals surface area contributed by atoms with E-state index < -0.39 is 0 Å². The molecule has 2 aromatic rings. The molecule has 11 heteroatoms. The van der Waals surface area contributed by atoms with Crippen molar-refractivity contribution in [3.63, 3.8) is 0 Å². The molecule has 38 heavy (non-hydrogen) atoms. The largest absolute Gasteiger partial charge is 0.353 e. The first-order chi connectivity index (χ1) is 18.4. The van der Waals surface area contributed by atoms with Crippen LogP contribution in [0, 0.1) is 17.3 Å². The fraction of sp³-hybridized carbons (Fsp3) is 0.519. The molecule has 204 valence electrons. The van der Waals surface area contributed by atoms with Crippen molar-refractivity contribution >= 4 is 35.0 Å². The summed E-state index contributed by atoms with van der Waals surface area (Å²) < 4.78 is 14.3. The number of aromatic nitrogens is 1. The Balaban J connectivity index is 1.31. The summed E-state index contributed by atoms with van der Waals surface area (Å²) >= 11 is 12.6. The third-order valence-electron chi connectivity index (χ3n) is 7.47. The molecule has 0 saturated carbocycles. The second-order valence-electron chi connectivity index (χ2n) is 9.80. The molecule has 0 aliphatic carbocycles. The maximum atomic E-state index is 14.3. The fourth-order valence-electron chi connectivity index (χ4n) is 5.42. The van der Waals surface area contributed by atoms with Crippen molar-refractivity contribution in [2.45, 2.75) is 51.4 Å². The van der Waals surface area contributed by atoms with Crippen molar-refractivity contribution in [3.8, 4) is 6.19 Å². The second-order valence-corrected chi connectivity index (χ2v) is 10.6. The van der Waals surface area contributed by atoms with Crippen molar-refractivity contribution in [1.29, 1.82) is 5.26 Å². The zero-order valence-corrected chi connectivity index (χ0v) is 23.4. The Morgan fingerprint density at radius 2 is 2.00 bits per heavy atom. The summed E-state index contributed by atoms with van der Waals surface area (Å²) in [7, 11) is 1.61. The average Bonchev–Trinajstić information content (AvgIpc) is 2.93. The number of halogens is 3. The lowest BCUT2D eigenvalue weighted by Gasteiger charge is -2.47. The molecule has 2 aliphatic heterocycles. The van der Waals surface area contributed by atoms with Crippen LogP contribution in [0.3, 0.4) is 0 Å². The molecule has 4 rings (SSSR count). The average molecular weight is 562 g/mol. The molecule has 1 atom stereocenters. The maximum Gasteiger partial charge on any atom is 0.204 e. The van der Waals surface area contributed by atoms with Crippen LogP contribution in [0.5, 0.6) is 0 Å². The van der Waals surface area contributed by atoms with Gasteiger partial charge in [0.15, 0.2) is 6.19 Å². The van der Waals surface area contributed by atoms with E-state index in [0.717, 1.165) is 63.4 Å². The van der Waals surface area contributed by atoms with Crippen LogP contribution in [-0.4, -0.2) is 72.6 Å². The monoisotopic (exact) mass is 560 g/mol. The Morgan fingerprint density at radius 3 is 2.66 bits per heavy atom. The molecule has 2 N–H and O–H groups in total. The highest BCUT2D eigenvalue weighted by molar-refractivity contribution is 6.33. The Labute approximate surface area is 234 Å². The molecule has 1 aromatic heterocycles. The number of nitrogens with zero attached hydrogens (tertiary/aromatic N) is 6. The van der Waals surface area contributed by atoms with Gasteiger partial charge in [-0.3, -0.25) is 20.1 Å². The number of pyridine rings is 1. The zero-order valence-electron chi connectivity index (χ0n) is 21.9. The first-order valence-corrected chi connectivity index (χ1v) is 13.8. The number of hydrogen-bond acceptors (Lipinski definition) is 6. The van der Waals surface area contributed by atoms with Crippen LogP contribution in [0.4, 0.5) is 10.2 Å². The van der Waals surface area contributed by atoms with Gasteiger partial charge in [-0.1, -0.05) is 36.2 Å². The number of nitrogens with one attached hydrogen (secondary N) is 2. The Bertz CT molecular complexity index is 1160. The lowest BCUT2D eigenvalue weighted by molar-refractivity contribution is 0.0607. The van der Waals surface area contributed by atoms with Gasteiger partial charge in [0.2, 0.25) is 5.96 Å². The normalized spacial score (nSPS) is 19.8. The quantitative estimate of drug-likeness (QED) is 0.227. The number of anilines is 1. The first-order valence-electron chi connectivity index (χ1n) is 13.1. The Morgan fingerprint density at radius 1 is 1.21 bits per heavy atom. The molecule has 0 bridgehead atoms. The fourth-order valence-corrected chi connectivity index (χ4v) is 5.89. The summed E-state index contributed by atoms with van der Waals surface area (Å²) in [6.45, 7) is 7.96. The standard InChI is InChI=1S/C27H35Cl2FN8/c1-3-22-17-37(26-24(29)12-19(14-33-26)15-34-27(32-2)35-18-31)10-11-38(22)23-6-8-36(9-7-23)16-20-4-5-21(28)13-25(20)30/h4-5,12-14,22-23H,3,6-11,15-17H2,1-2H3,(H2,32,34,35)/t22-/m0/s1. The lowest BCUT2D eigenvalue weighted by Crippen LogP contribution is -2.58. The molecule has 2 fully saturated rings. The summed E-state index contributed by atoms with van der Waals surface area (Å²) in [6.07, 6.45) is 6.89. The number of guanidine groups is 1. The van der Waals surface area contributed by atoms with Crippen LogP contribution in [-0.2, 0) is 13.1 Å². The van der Waals surface area contributed by atoms with E-state index in [0.29, 0.717) is 46.7 Å². The Kier molecular flexibility index (Phi) is 10.0. The van der Waals surface area contributed by atoms with Crippen LogP contribution in [0.25, 0.3) is 0 Å². The molecule has 2 aliphatic rings. The summed E-state index contributed by atoms with van der Waals surface area (Å²) in [4.78, 5) is 16.0. The summed E-state index contributed by atoms with van der Waals surface area (Å²) in [5.41, 5.74) is 1.62. The van der Waals surface area contributed by atoms with E-state index in [4.69, 9.17) is 28.5 Å². The number of hydrogen-bond donors (Lipinski definition) is 2. The molecule has 0 spiro atoms. The third kappa shape index (κ3) is 7.06. The van der Waals surface area contributed by atoms with Gasteiger partial charge in [0, 0.05) is 68.6 Å². The van der Waals surface area contributed by atoms with Crippen LogP contribution in [0.15, 0.2) is 35.5 Å². The van der Waals surface area contributed by atoms with E-state index in [9.17, 15) is 4.39 Å². The SMILES string of the molecule is CC[C@H]1CN(c2ncc(CNC(=NC)NC#N)cc2Cl)CCN1C1CCN(Cc2ccc(Cl)cc2F)CC1. The van der Waals surface area contributed by atoms with Crippen molar-refractivity contribution in [2.24, 2.45) is 4.99 Å². The van der Waals surface area contributed by atoms with Crippen molar-refractivity contribution < 1.29 is 4.39 Å². The molecular formula is C27H35Cl2FN8. The van der Waals surface area contributed by atoms with Gasteiger partial charge in [-0.15, -0.1) is 0 Å². The maximum absolute atomic E-state index is 14.3. The summed E-state index contributed by atoms with van der Waals surface area (Å²) in [6, 6.07) is 7.82. The van der Waals surface area contributed by atoms with Crippen LogP contribution in [0.2, 0.25) is 10.0 Å². The minimum absolute atomic E-state index is 0.228.